The number of nitrogens with one attached hydrogen (secondary N) is 1. The van der Waals surface area contributed by atoms with Crippen molar-refractivity contribution in [1.29, 1.82) is 0 Å². The van der Waals surface area contributed by atoms with Crippen molar-refractivity contribution in [3.63, 3.8) is 0 Å². The highest BCUT2D eigenvalue weighted by atomic mass is 16.5. The first kappa shape index (κ1) is 17.5. The van der Waals surface area contributed by atoms with Crippen LogP contribution in [0.25, 0.3) is 16.8 Å². The van der Waals surface area contributed by atoms with Crippen LogP contribution in [0.3, 0.4) is 0 Å². The van der Waals surface area contributed by atoms with E-state index in [-0.39, 0.29) is 0 Å². The highest BCUT2D eigenvalue weighted by molar-refractivity contribution is 5.77. The monoisotopic (exact) mass is 378 g/mol. The smallest absolute Gasteiger partial charge is 0.227 e. The summed E-state index contributed by atoms with van der Waals surface area (Å²) in [6, 6.07) is 9.19. The second-order valence-corrected chi connectivity index (χ2v) is 5.76. The van der Waals surface area contributed by atoms with Gasteiger partial charge in [-0.15, -0.1) is 0 Å². The summed E-state index contributed by atoms with van der Waals surface area (Å²) in [7, 11) is 4.69. The Labute approximate surface area is 160 Å². The first-order valence-electron chi connectivity index (χ1n) is 8.43. The first-order valence-corrected chi connectivity index (χ1v) is 8.43. The predicted octanol–water partition coefficient (Wildman–Crippen LogP) is 2.96. The van der Waals surface area contributed by atoms with Crippen LogP contribution in [-0.4, -0.2) is 46.1 Å². The molecule has 0 amide bonds. The molecule has 0 aliphatic carbocycles. The van der Waals surface area contributed by atoms with E-state index >= 15 is 0 Å². The highest BCUT2D eigenvalue weighted by Gasteiger charge is 2.14. The van der Waals surface area contributed by atoms with E-state index in [4.69, 9.17) is 14.2 Å². The van der Waals surface area contributed by atoms with Gasteiger partial charge in [0.2, 0.25) is 11.7 Å². The van der Waals surface area contributed by atoms with Crippen LogP contribution in [0, 0.1) is 0 Å². The Morgan fingerprint density at radius 3 is 2.43 bits per heavy atom. The van der Waals surface area contributed by atoms with Gasteiger partial charge in [0.25, 0.3) is 0 Å². The van der Waals surface area contributed by atoms with Crippen molar-refractivity contribution < 1.29 is 14.2 Å². The van der Waals surface area contributed by atoms with Gasteiger partial charge in [-0.25, -0.2) is 9.97 Å². The van der Waals surface area contributed by atoms with Crippen molar-refractivity contribution in [2.75, 3.05) is 26.6 Å². The number of ether oxygens (including phenoxy) is 3. The second kappa shape index (κ2) is 7.39. The SMILES string of the molecule is COc1cc(Nc2nccc(-c3cnn4ncccc34)n2)cc(OC)c1OC. The molecule has 142 valence electrons. The number of hydrogen-bond donors (Lipinski definition) is 1. The molecule has 4 aromatic rings. The molecule has 3 heterocycles. The predicted molar refractivity (Wildman–Crippen MR) is 103 cm³/mol. The number of fused-ring (bicyclic) bond motifs is 1. The maximum Gasteiger partial charge on any atom is 0.227 e. The average molecular weight is 378 g/mol. The molecule has 1 aromatic carbocycles. The Hall–Kier alpha value is -3.88. The minimum Gasteiger partial charge on any atom is -0.493 e. The Kier molecular flexibility index (Phi) is 4.63. The molecule has 0 fully saturated rings. The molecule has 28 heavy (non-hydrogen) atoms. The molecule has 0 radical (unpaired) electrons. The lowest BCUT2D eigenvalue weighted by Gasteiger charge is -2.14. The van der Waals surface area contributed by atoms with Crippen molar-refractivity contribution in [3.8, 4) is 28.5 Å². The van der Waals surface area contributed by atoms with Crippen molar-refractivity contribution >= 4 is 17.2 Å². The fraction of sp³-hybridized carbons (Fsp3) is 0.158. The van der Waals surface area contributed by atoms with Gasteiger partial charge in [0.05, 0.1) is 38.7 Å². The highest BCUT2D eigenvalue weighted by Crippen LogP contribution is 2.40. The number of rotatable bonds is 6. The zero-order valence-corrected chi connectivity index (χ0v) is 15.6. The summed E-state index contributed by atoms with van der Waals surface area (Å²) in [5.74, 6) is 2.02. The molecule has 0 aliphatic heterocycles. The van der Waals surface area contributed by atoms with E-state index in [0.717, 1.165) is 16.8 Å². The van der Waals surface area contributed by atoms with Crippen molar-refractivity contribution in [1.82, 2.24) is 24.8 Å². The van der Waals surface area contributed by atoms with Gasteiger partial charge in [-0.2, -0.15) is 14.8 Å². The third-order valence-corrected chi connectivity index (χ3v) is 4.16. The van der Waals surface area contributed by atoms with Gasteiger partial charge >= 0.3 is 0 Å². The van der Waals surface area contributed by atoms with Gasteiger partial charge in [0.15, 0.2) is 11.5 Å². The van der Waals surface area contributed by atoms with Gasteiger partial charge in [-0.3, -0.25) is 0 Å². The number of anilines is 2. The molecular weight excluding hydrogens is 360 g/mol. The summed E-state index contributed by atoms with van der Waals surface area (Å²) in [4.78, 5) is 8.90. The van der Waals surface area contributed by atoms with E-state index in [2.05, 4.69) is 25.5 Å². The normalized spacial score (nSPS) is 10.7. The minimum absolute atomic E-state index is 0.426. The Bertz CT molecular complexity index is 1100. The third kappa shape index (κ3) is 3.13. The van der Waals surface area contributed by atoms with Crippen LogP contribution in [0.2, 0.25) is 0 Å². The molecule has 0 aliphatic rings. The van der Waals surface area contributed by atoms with Crippen molar-refractivity contribution in [3.05, 3.63) is 48.9 Å². The summed E-state index contributed by atoms with van der Waals surface area (Å²) in [5.41, 5.74) is 3.16. The molecule has 9 nitrogen and oxygen atoms in total. The molecule has 0 atom stereocenters. The summed E-state index contributed by atoms with van der Waals surface area (Å²) >= 11 is 0. The van der Waals surface area contributed by atoms with Crippen molar-refractivity contribution in [2.24, 2.45) is 0 Å². The molecule has 9 heteroatoms. The average Bonchev–Trinajstić information content (AvgIpc) is 3.17. The summed E-state index contributed by atoms with van der Waals surface area (Å²) in [5, 5.41) is 11.6. The van der Waals surface area contributed by atoms with E-state index in [0.29, 0.717) is 28.9 Å². The quantitative estimate of drug-likeness (QED) is 0.547. The first-order chi connectivity index (χ1) is 13.7. The molecule has 0 unspecified atom stereocenters. The van der Waals surface area contributed by atoms with Gasteiger partial charge in [-0.05, 0) is 18.2 Å². The lowest BCUT2D eigenvalue weighted by molar-refractivity contribution is 0.324. The molecule has 0 bridgehead atoms. The second-order valence-electron chi connectivity index (χ2n) is 5.76. The van der Waals surface area contributed by atoms with E-state index < -0.39 is 0 Å². The van der Waals surface area contributed by atoms with Crippen LogP contribution in [0.1, 0.15) is 0 Å². The molecule has 4 rings (SSSR count). The van der Waals surface area contributed by atoms with Crippen LogP contribution >= 0.6 is 0 Å². The van der Waals surface area contributed by atoms with Crippen LogP contribution in [0.4, 0.5) is 11.6 Å². The van der Waals surface area contributed by atoms with E-state index in [1.54, 1.807) is 56.7 Å². The van der Waals surface area contributed by atoms with E-state index in [9.17, 15) is 0 Å². The maximum absolute atomic E-state index is 5.38. The number of aromatic nitrogens is 5. The van der Waals surface area contributed by atoms with Crippen molar-refractivity contribution in [2.45, 2.75) is 0 Å². The zero-order chi connectivity index (χ0) is 19.5. The molecule has 0 spiro atoms. The van der Waals surface area contributed by atoms with Crippen LogP contribution in [-0.2, 0) is 0 Å². The van der Waals surface area contributed by atoms with Crippen LogP contribution in [0.5, 0.6) is 17.2 Å². The van der Waals surface area contributed by atoms with Gasteiger partial charge in [-0.1, -0.05) is 0 Å². The standard InChI is InChI=1S/C19H18N6O3/c1-26-16-9-12(10-17(27-2)18(16)28-3)23-19-20-8-6-14(24-19)13-11-22-25-15(13)5-4-7-21-25/h4-11H,1-3H3,(H,20,23,24). The summed E-state index contributed by atoms with van der Waals surface area (Å²) in [6.07, 6.45) is 5.09. The molecule has 3 aromatic heterocycles. The molecule has 1 N–H and O–H groups in total. The van der Waals surface area contributed by atoms with Gasteiger partial charge in [0.1, 0.15) is 0 Å². The van der Waals surface area contributed by atoms with Crippen LogP contribution < -0.4 is 19.5 Å². The third-order valence-electron chi connectivity index (χ3n) is 4.16. The topological polar surface area (TPSA) is 95.7 Å². The fourth-order valence-corrected chi connectivity index (χ4v) is 2.88. The summed E-state index contributed by atoms with van der Waals surface area (Å²) in [6.45, 7) is 0. The minimum atomic E-state index is 0.426. The van der Waals surface area contributed by atoms with E-state index in [1.807, 2.05) is 18.2 Å². The molecular formula is C19H18N6O3. The molecule has 0 saturated heterocycles. The Balaban J connectivity index is 1.69. The lowest BCUT2D eigenvalue weighted by Crippen LogP contribution is -2.00. The fourth-order valence-electron chi connectivity index (χ4n) is 2.88. The Morgan fingerprint density at radius 2 is 1.71 bits per heavy atom. The Morgan fingerprint density at radius 1 is 0.929 bits per heavy atom. The van der Waals surface area contributed by atoms with E-state index in [1.165, 1.54) is 0 Å². The molecule has 0 saturated carbocycles. The number of hydrogen-bond acceptors (Lipinski definition) is 8. The van der Waals surface area contributed by atoms with Gasteiger partial charge < -0.3 is 19.5 Å². The number of benzene rings is 1. The lowest BCUT2D eigenvalue weighted by atomic mass is 10.2. The van der Waals surface area contributed by atoms with Crippen LogP contribution in [0.15, 0.2) is 48.9 Å². The van der Waals surface area contributed by atoms with Gasteiger partial charge in [0, 0.05) is 35.8 Å². The summed E-state index contributed by atoms with van der Waals surface area (Å²) < 4.78 is 17.7. The largest absolute Gasteiger partial charge is 0.493 e. The zero-order valence-electron chi connectivity index (χ0n) is 15.6. The number of nitrogens with zero attached hydrogens (tertiary/aromatic N) is 5. The number of methoxy groups -OCH3 is 3. The maximum atomic E-state index is 5.38.